The summed E-state index contributed by atoms with van der Waals surface area (Å²) in [5.74, 6) is -0.577. The van der Waals surface area contributed by atoms with Crippen LogP contribution in [0.3, 0.4) is 0 Å². The lowest BCUT2D eigenvalue weighted by atomic mass is 10.2. The number of carbonyl (C=O) groups excluding carboxylic acids is 2. The summed E-state index contributed by atoms with van der Waals surface area (Å²) in [5.41, 5.74) is 0.763. The molecule has 0 aliphatic rings. The molecule has 180 valence electrons. The first-order valence-electron chi connectivity index (χ1n) is 11.4. The molecule has 0 unspecified atom stereocenters. The van der Waals surface area contributed by atoms with Crippen molar-refractivity contribution in [3.63, 3.8) is 0 Å². The second-order valence-electron chi connectivity index (χ2n) is 7.89. The lowest BCUT2D eigenvalue weighted by Crippen LogP contribution is -2.31. The van der Waals surface area contributed by atoms with Gasteiger partial charge in [0.25, 0.3) is 11.5 Å². The van der Waals surface area contributed by atoms with Crippen LogP contribution >= 0.6 is 0 Å². The number of nitrogens with zero attached hydrogens (tertiary/aromatic N) is 4. The van der Waals surface area contributed by atoms with Crippen LogP contribution in [-0.2, 0) is 11.8 Å². The lowest BCUT2D eigenvalue weighted by molar-refractivity contribution is 0.0523. The average Bonchev–Trinajstić information content (AvgIpc) is 2.87. The molecule has 4 aromatic rings. The molecule has 3 heterocycles. The van der Waals surface area contributed by atoms with Crippen LogP contribution in [0.1, 0.15) is 47.4 Å². The van der Waals surface area contributed by atoms with Crippen LogP contribution in [0.2, 0.25) is 0 Å². The molecule has 4 rings (SSSR count). The number of fused-ring (bicyclic) bond motifs is 2. The number of carbonyl (C=O) groups is 2. The van der Waals surface area contributed by atoms with Crippen LogP contribution in [0.25, 0.3) is 16.7 Å². The standard InChI is InChI=1S/C26H26N4O5/c1-4-6-15-35-18-12-10-17(11-13-18)24(31)28-23-20(26(33)34-5-2)16-19-22(29(23)3)27-21-9-7-8-14-30(21)25(19)32/h7-14,16H,4-6,15H2,1-3H3. The van der Waals surface area contributed by atoms with Crippen LogP contribution in [0, 0.1) is 0 Å². The number of hydrogen-bond acceptors (Lipinski definition) is 6. The van der Waals surface area contributed by atoms with Crippen molar-refractivity contribution in [2.24, 2.45) is 12.0 Å². The van der Waals surface area contributed by atoms with Crippen molar-refractivity contribution >= 4 is 28.6 Å². The second-order valence-corrected chi connectivity index (χ2v) is 7.89. The fourth-order valence-corrected chi connectivity index (χ4v) is 3.65. The van der Waals surface area contributed by atoms with Gasteiger partial charge in [0.05, 0.1) is 18.6 Å². The minimum atomic E-state index is -0.686. The number of benzene rings is 1. The topological polar surface area (TPSA) is 104 Å². The van der Waals surface area contributed by atoms with E-state index >= 15 is 0 Å². The third-order valence-electron chi connectivity index (χ3n) is 5.48. The summed E-state index contributed by atoms with van der Waals surface area (Å²) in [6, 6.07) is 13.2. The first-order valence-corrected chi connectivity index (χ1v) is 11.4. The maximum Gasteiger partial charge on any atom is 0.341 e. The lowest BCUT2D eigenvalue weighted by Gasteiger charge is -2.11. The first-order chi connectivity index (χ1) is 16.9. The zero-order valence-electron chi connectivity index (χ0n) is 19.9. The van der Waals surface area contributed by atoms with E-state index in [0.29, 0.717) is 29.2 Å². The number of hydrogen-bond donors (Lipinski definition) is 0. The Morgan fingerprint density at radius 2 is 1.86 bits per heavy atom. The van der Waals surface area contributed by atoms with E-state index in [1.165, 1.54) is 15.0 Å². The van der Waals surface area contributed by atoms with Crippen LogP contribution in [0.5, 0.6) is 5.75 Å². The number of rotatable bonds is 7. The Balaban J connectivity index is 1.86. The minimum Gasteiger partial charge on any atom is -0.494 e. The Morgan fingerprint density at radius 3 is 2.57 bits per heavy atom. The van der Waals surface area contributed by atoms with Gasteiger partial charge < -0.3 is 14.0 Å². The summed E-state index contributed by atoms with van der Waals surface area (Å²) in [6.45, 7) is 4.49. The maximum atomic E-state index is 13.1. The van der Waals surface area contributed by atoms with E-state index in [1.807, 2.05) is 0 Å². The summed E-state index contributed by atoms with van der Waals surface area (Å²) < 4.78 is 13.7. The summed E-state index contributed by atoms with van der Waals surface area (Å²) in [6.07, 6.45) is 3.57. The number of aryl methyl sites for hydroxylation is 1. The molecule has 1 aromatic carbocycles. The zero-order valence-corrected chi connectivity index (χ0v) is 19.9. The molecule has 9 nitrogen and oxygen atoms in total. The van der Waals surface area contributed by atoms with E-state index < -0.39 is 11.9 Å². The summed E-state index contributed by atoms with van der Waals surface area (Å²) in [5, 5.41) is 0.208. The largest absolute Gasteiger partial charge is 0.494 e. The predicted molar refractivity (Wildman–Crippen MR) is 131 cm³/mol. The minimum absolute atomic E-state index is 0.00417. The summed E-state index contributed by atoms with van der Waals surface area (Å²) >= 11 is 0. The number of unbranched alkanes of at least 4 members (excludes halogenated alkanes) is 1. The molecule has 0 aliphatic carbocycles. The highest BCUT2D eigenvalue weighted by molar-refractivity contribution is 5.97. The molecule has 0 spiro atoms. The third-order valence-corrected chi connectivity index (χ3v) is 5.48. The zero-order chi connectivity index (χ0) is 24.9. The maximum absolute atomic E-state index is 13.1. The average molecular weight is 475 g/mol. The number of aromatic nitrogens is 3. The Hall–Kier alpha value is -4.27. The molecule has 0 saturated carbocycles. The van der Waals surface area contributed by atoms with Gasteiger partial charge >= 0.3 is 5.97 Å². The fourth-order valence-electron chi connectivity index (χ4n) is 3.65. The highest BCUT2D eigenvalue weighted by Crippen LogP contribution is 2.14. The van der Waals surface area contributed by atoms with Gasteiger partial charge in [0.2, 0.25) is 0 Å². The van der Waals surface area contributed by atoms with Gasteiger partial charge in [-0.2, -0.15) is 4.99 Å². The van der Waals surface area contributed by atoms with Crippen molar-refractivity contribution < 1.29 is 19.1 Å². The van der Waals surface area contributed by atoms with Gasteiger partial charge in [0.1, 0.15) is 22.6 Å². The molecule has 0 atom stereocenters. The Morgan fingerprint density at radius 1 is 1.09 bits per heavy atom. The molecule has 1 amide bonds. The van der Waals surface area contributed by atoms with Crippen molar-refractivity contribution in [3.8, 4) is 5.75 Å². The number of ether oxygens (including phenoxy) is 2. The van der Waals surface area contributed by atoms with Crippen molar-refractivity contribution in [3.05, 3.63) is 81.7 Å². The van der Waals surface area contributed by atoms with Crippen LogP contribution in [0.4, 0.5) is 0 Å². The van der Waals surface area contributed by atoms with E-state index in [0.717, 1.165) is 12.8 Å². The van der Waals surface area contributed by atoms with Crippen molar-refractivity contribution in [1.82, 2.24) is 14.0 Å². The molecule has 0 fully saturated rings. The quantitative estimate of drug-likeness (QED) is 0.231. The molecule has 0 bridgehead atoms. The van der Waals surface area contributed by atoms with E-state index in [9.17, 15) is 14.4 Å². The molecule has 0 saturated heterocycles. The fraction of sp³-hybridized carbons (Fsp3) is 0.269. The normalized spacial score (nSPS) is 11.7. The van der Waals surface area contributed by atoms with Gasteiger partial charge in [-0.1, -0.05) is 19.4 Å². The van der Waals surface area contributed by atoms with Crippen LogP contribution in [-0.4, -0.2) is 39.0 Å². The predicted octanol–water partition coefficient (Wildman–Crippen LogP) is 3.28. The Bertz CT molecular complexity index is 1530. The molecule has 9 heteroatoms. The molecule has 0 aliphatic heterocycles. The molecular formula is C26H26N4O5. The van der Waals surface area contributed by atoms with E-state index in [1.54, 1.807) is 62.6 Å². The van der Waals surface area contributed by atoms with Gasteiger partial charge in [-0.25, -0.2) is 9.78 Å². The van der Waals surface area contributed by atoms with Gasteiger partial charge in [0.15, 0.2) is 5.49 Å². The highest BCUT2D eigenvalue weighted by atomic mass is 16.5. The number of amides is 1. The number of pyridine rings is 2. The van der Waals surface area contributed by atoms with E-state index in [4.69, 9.17) is 9.47 Å². The molecule has 35 heavy (non-hydrogen) atoms. The molecule has 0 radical (unpaired) electrons. The van der Waals surface area contributed by atoms with Gasteiger partial charge in [-0.05, 0) is 55.8 Å². The molecular weight excluding hydrogens is 448 g/mol. The second kappa shape index (κ2) is 10.3. The summed E-state index contributed by atoms with van der Waals surface area (Å²) in [4.78, 5) is 47.7. The van der Waals surface area contributed by atoms with E-state index in [2.05, 4.69) is 16.9 Å². The van der Waals surface area contributed by atoms with E-state index in [-0.39, 0.29) is 28.6 Å². The van der Waals surface area contributed by atoms with Crippen molar-refractivity contribution in [2.45, 2.75) is 26.7 Å². The van der Waals surface area contributed by atoms with Crippen molar-refractivity contribution in [2.75, 3.05) is 13.2 Å². The molecule has 3 aromatic heterocycles. The van der Waals surface area contributed by atoms with Gasteiger partial charge in [0, 0.05) is 18.8 Å². The number of esters is 1. The van der Waals surface area contributed by atoms with Gasteiger partial charge in [-0.3, -0.25) is 14.0 Å². The highest BCUT2D eigenvalue weighted by Gasteiger charge is 2.19. The van der Waals surface area contributed by atoms with Gasteiger partial charge in [-0.15, -0.1) is 0 Å². The SMILES string of the molecule is CCCCOc1ccc(C(=O)N=c2c(C(=O)OCC)cc3c(=O)n4ccccc4nc3n2C)cc1. The van der Waals surface area contributed by atoms with Crippen LogP contribution < -0.4 is 15.8 Å². The Labute approximate surface area is 201 Å². The first kappa shape index (κ1) is 23.9. The third kappa shape index (κ3) is 4.84. The van der Waals surface area contributed by atoms with Crippen molar-refractivity contribution in [1.29, 1.82) is 0 Å². The summed E-state index contributed by atoms with van der Waals surface area (Å²) in [7, 11) is 1.60. The Kier molecular flexibility index (Phi) is 7.05. The molecule has 0 N–H and O–H groups in total. The monoisotopic (exact) mass is 474 g/mol. The smallest absolute Gasteiger partial charge is 0.341 e. The van der Waals surface area contributed by atoms with Crippen LogP contribution in [0.15, 0.2) is 64.5 Å².